The van der Waals surface area contributed by atoms with Crippen molar-refractivity contribution in [3.05, 3.63) is 0 Å². The molecule has 0 radical (unpaired) electrons. The smallest absolute Gasteiger partial charge is 0.239 e. The van der Waals surface area contributed by atoms with E-state index in [1.165, 1.54) is 32.2 Å². The summed E-state index contributed by atoms with van der Waals surface area (Å²) in [5.74, 6) is 0.679. The third kappa shape index (κ3) is 5.61. The first kappa shape index (κ1) is 18.5. The molecule has 1 saturated heterocycles. The van der Waals surface area contributed by atoms with Crippen LogP contribution in [0, 0.1) is 0 Å². The highest BCUT2D eigenvalue weighted by atomic mass is 127. The molecule has 1 heterocycles. The Hall–Kier alpha value is -0.570. The number of halogens is 1. The molecule has 1 saturated carbocycles. The van der Waals surface area contributed by atoms with Gasteiger partial charge >= 0.3 is 0 Å². The Labute approximate surface area is 144 Å². The molecule has 122 valence electrons. The molecule has 0 aromatic heterocycles. The van der Waals surface area contributed by atoms with Crippen LogP contribution in [0.3, 0.4) is 0 Å². The van der Waals surface area contributed by atoms with Crippen LogP contribution in [-0.2, 0) is 4.79 Å². The van der Waals surface area contributed by atoms with Crippen molar-refractivity contribution in [1.82, 2.24) is 20.9 Å². The number of rotatable bonds is 4. The van der Waals surface area contributed by atoms with Crippen molar-refractivity contribution in [2.45, 2.75) is 44.2 Å². The molecule has 0 aromatic rings. The average molecular weight is 409 g/mol. The van der Waals surface area contributed by atoms with Gasteiger partial charge in [0.2, 0.25) is 5.91 Å². The van der Waals surface area contributed by atoms with Gasteiger partial charge in [0, 0.05) is 39.3 Å². The maximum absolute atomic E-state index is 11.2. The summed E-state index contributed by atoms with van der Waals surface area (Å²) < 4.78 is 0. The first-order valence-electron chi connectivity index (χ1n) is 7.64. The number of carbonyl (C=O) groups is 1. The standard InChI is InChI=1S/C14H27N5O.HI/c1-15-13(20)9-17-14(16-2)18-11-7-8-19(10-11)12-5-3-4-6-12;/h11-12H,3-10H2,1-2H3,(H,15,20)(H2,16,17,18);1H. The van der Waals surface area contributed by atoms with Crippen LogP contribution >= 0.6 is 24.0 Å². The number of nitrogens with zero attached hydrogens (tertiary/aromatic N) is 2. The van der Waals surface area contributed by atoms with E-state index in [0.717, 1.165) is 19.0 Å². The topological polar surface area (TPSA) is 68.8 Å². The number of hydrogen-bond acceptors (Lipinski definition) is 3. The first-order chi connectivity index (χ1) is 9.72. The van der Waals surface area contributed by atoms with Crippen molar-refractivity contribution in [2.75, 3.05) is 33.7 Å². The fourth-order valence-electron chi connectivity index (χ4n) is 3.15. The van der Waals surface area contributed by atoms with Crippen molar-refractivity contribution in [3.8, 4) is 0 Å². The zero-order valence-electron chi connectivity index (χ0n) is 13.0. The molecule has 2 fully saturated rings. The molecule has 1 aliphatic carbocycles. The molecular weight excluding hydrogens is 381 g/mol. The van der Waals surface area contributed by atoms with E-state index in [0.29, 0.717) is 12.0 Å². The molecular formula is C14H28IN5O. The molecule has 2 rings (SSSR count). The van der Waals surface area contributed by atoms with Crippen LogP contribution in [0.1, 0.15) is 32.1 Å². The number of likely N-dealkylation sites (N-methyl/N-ethyl adjacent to an activating group) is 1. The van der Waals surface area contributed by atoms with E-state index in [-0.39, 0.29) is 36.4 Å². The predicted molar refractivity (Wildman–Crippen MR) is 96.2 cm³/mol. The summed E-state index contributed by atoms with van der Waals surface area (Å²) in [7, 11) is 3.37. The van der Waals surface area contributed by atoms with Crippen LogP contribution in [-0.4, -0.2) is 62.6 Å². The lowest BCUT2D eigenvalue weighted by Gasteiger charge is -2.24. The van der Waals surface area contributed by atoms with E-state index in [9.17, 15) is 4.79 Å². The van der Waals surface area contributed by atoms with Crippen molar-refractivity contribution in [3.63, 3.8) is 0 Å². The molecule has 2 aliphatic rings. The number of guanidine groups is 1. The van der Waals surface area contributed by atoms with Crippen LogP contribution in [0.25, 0.3) is 0 Å². The lowest BCUT2D eigenvalue weighted by Crippen LogP contribution is -2.47. The molecule has 0 aromatic carbocycles. The quantitative estimate of drug-likeness (QED) is 0.360. The van der Waals surface area contributed by atoms with Gasteiger partial charge in [-0.15, -0.1) is 24.0 Å². The van der Waals surface area contributed by atoms with Crippen molar-refractivity contribution in [2.24, 2.45) is 4.99 Å². The third-order valence-corrected chi connectivity index (χ3v) is 4.32. The van der Waals surface area contributed by atoms with E-state index in [4.69, 9.17) is 0 Å². The van der Waals surface area contributed by atoms with Gasteiger partial charge in [-0.05, 0) is 19.3 Å². The van der Waals surface area contributed by atoms with Crippen LogP contribution in [0.4, 0.5) is 0 Å². The second-order valence-electron chi connectivity index (χ2n) is 5.66. The highest BCUT2D eigenvalue weighted by Crippen LogP contribution is 2.26. The zero-order chi connectivity index (χ0) is 14.4. The Morgan fingerprint density at radius 1 is 1.29 bits per heavy atom. The summed E-state index contributed by atoms with van der Waals surface area (Å²) in [4.78, 5) is 18.0. The Bertz CT molecular complexity index is 357. The zero-order valence-corrected chi connectivity index (χ0v) is 15.4. The molecule has 1 aliphatic heterocycles. The van der Waals surface area contributed by atoms with Crippen LogP contribution < -0.4 is 16.0 Å². The minimum Gasteiger partial charge on any atom is -0.358 e. The fraction of sp³-hybridized carbons (Fsp3) is 0.857. The molecule has 6 nitrogen and oxygen atoms in total. The number of amides is 1. The van der Waals surface area contributed by atoms with Crippen LogP contribution in [0.5, 0.6) is 0 Å². The van der Waals surface area contributed by atoms with Gasteiger partial charge < -0.3 is 16.0 Å². The number of nitrogens with one attached hydrogen (secondary N) is 3. The highest BCUT2D eigenvalue weighted by Gasteiger charge is 2.30. The summed E-state index contributed by atoms with van der Waals surface area (Å²) in [5, 5.41) is 9.05. The number of carbonyl (C=O) groups excluding carboxylic acids is 1. The van der Waals surface area contributed by atoms with Gasteiger partial charge in [-0.2, -0.15) is 0 Å². The molecule has 21 heavy (non-hydrogen) atoms. The van der Waals surface area contributed by atoms with Gasteiger partial charge in [-0.1, -0.05) is 12.8 Å². The lowest BCUT2D eigenvalue weighted by molar-refractivity contribution is -0.119. The molecule has 0 bridgehead atoms. The molecule has 1 atom stereocenters. The molecule has 7 heteroatoms. The van der Waals surface area contributed by atoms with Gasteiger partial charge in [-0.3, -0.25) is 14.7 Å². The molecule has 1 unspecified atom stereocenters. The lowest BCUT2D eigenvalue weighted by atomic mass is 10.2. The van der Waals surface area contributed by atoms with Gasteiger partial charge in [0.1, 0.15) is 0 Å². The number of hydrogen-bond donors (Lipinski definition) is 3. The maximum atomic E-state index is 11.2. The van der Waals surface area contributed by atoms with Gasteiger partial charge in [0.05, 0.1) is 6.54 Å². The maximum Gasteiger partial charge on any atom is 0.239 e. The molecule has 1 amide bonds. The second kappa shape index (κ2) is 9.45. The Balaban J connectivity index is 0.00000220. The first-order valence-corrected chi connectivity index (χ1v) is 7.64. The van der Waals surface area contributed by atoms with Gasteiger partial charge in [0.15, 0.2) is 5.96 Å². The van der Waals surface area contributed by atoms with E-state index in [1.54, 1.807) is 14.1 Å². The molecule has 0 spiro atoms. The van der Waals surface area contributed by atoms with E-state index < -0.39 is 0 Å². The number of likely N-dealkylation sites (tertiary alicyclic amines) is 1. The minimum atomic E-state index is -0.0352. The Morgan fingerprint density at radius 3 is 2.62 bits per heavy atom. The largest absolute Gasteiger partial charge is 0.358 e. The van der Waals surface area contributed by atoms with E-state index in [2.05, 4.69) is 25.8 Å². The monoisotopic (exact) mass is 409 g/mol. The fourth-order valence-corrected chi connectivity index (χ4v) is 3.15. The second-order valence-corrected chi connectivity index (χ2v) is 5.66. The summed E-state index contributed by atoms with van der Waals surface area (Å²) >= 11 is 0. The third-order valence-electron chi connectivity index (χ3n) is 4.32. The van der Waals surface area contributed by atoms with Gasteiger partial charge in [-0.25, -0.2) is 0 Å². The number of aliphatic imine (C=N–C) groups is 1. The van der Waals surface area contributed by atoms with Crippen LogP contribution in [0.15, 0.2) is 4.99 Å². The summed E-state index contributed by atoms with van der Waals surface area (Å²) in [5.41, 5.74) is 0. The van der Waals surface area contributed by atoms with Crippen molar-refractivity contribution < 1.29 is 4.79 Å². The van der Waals surface area contributed by atoms with Crippen LogP contribution in [0.2, 0.25) is 0 Å². The summed E-state index contributed by atoms with van der Waals surface area (Å²) in [6.45, 7) is 2.52. The predicted octanol–water partition coefficient (Wildman–Crippen LogP) is 0.532. The van der Waals surface area contributed by atoms with Gasteiger partial charge in [0.25, 0.3) is 0 Å². The Morgan fingerprint density at radius 2 is 2.00 bits per heavy atom. The summed E-state index contributed by atoms with van der Waals surface area (Å²) in [6, 6.07) is 1.23. The van der Waals surface area contributed by atoms with E-state index in [1.807, 2.05) is 0 Å². The average Bonchev–Trinajstić information content (AvgIpc) is 3.13. The highest BCUT2D eigenvalue weighted by molar-refractivity contribution is 14.0. The van der Waals surface area contributed by atoms with E-state index >= 15 is 0 Å². The minimum absolute atomic E-state index is 0. The van der Waals surface area contributed by atoms with Crippen molar-refractivity contribution >= 4 is 35.8 Å². The summed E-state index contributed by atoms with van der Waals surface area (Å²) in [6.07, 6.45) is 6.63. The normalized spacial score (nSPS) is 23.7. The Kier molecular flexibility index (Phi) is 8.31. The van der Waals surface area contributed by atoms with Crippen molar-refractivity contribution in [1.29, 1.82) is 0 Å². The SMILES string of the molecule is CN=C(NCC(=O)NC)NC1CCN(C2CCCC2)C1.I. The molecule has 3 N–H and O–H groups in total.